The zero-order valence-electron chi connectivity index (χ0n) is 10.2. The van der Waals surface area contributed by atoms with E-state index in [-0.39, 0.29) is 17.9 Å². The van der Waals surface area contributed by atoms with Gasteiger partial charge in [-0.1, -0.05) is 19.9 Å². The smallest absolute Gasteiger partial charge is 0.249 e. The highest BCUT2D eigenvalue weighted by Crippen LogP contribution is 2.12. The fraction of sp³-hybridized carbons (Fsp3) is 0.667. The van der Waals surface area contributed by atoms with Crippen molar-refractivity contribution in [2.24, 2.45) is 0 Å². The monoisotopic (exact) mass is 224 g/mol. The fourth-order valence-corrected chi connectivity index (χ4v) is 1.98. The number of carbonyl (C=O) groups excluding carboxylic acids is 2. The number of nitrogens with one attached hydrogen (secondary N) is 1. The molecular weight excluding hydrogens is 204 g/mol. The molecule has 1 unspecified atom stereocenters. The lowest BCUT2D eigenvalue weighted by Crippen LogP contribution is -2.57. The van der Waals surface area contributed by atoms with Gasteiger partial charge in [0.25, 0.3) is 0 Å². The minimum Gasteiger partial charge on any atom is -0.353 e. The second kappa shape index (κ2) is 5.68. The first-order chi connectivity index (χ1) is 7.61. The van der Waals surface area contributed by atoms with Crippen LogP contribution in [0, 0.1) is 0 Å². The highest BCUT2D eigenvalue weighted by Gasteiger charge is 2.31. The molecule has 1 atom stereocenters. The molecule has 90 valence electrons. The number of piperazine rings is 1. The van der Waals surface area contributed by atoms with Gasteiger partial charge in [-0.3, -0.25) is 9.59 Å². The zero-order chi connectivity index (χ0) is 12.1. The van der Waals surface area contributed by atoms with Crippen LogP contribution in [-0.4, -0.2) is 35.8 Å². The summed E-state index contributed by atoms with van der Waals surface area (Å²) in [6.45, 7) is 6.90. The predicted octanol–water partition coefficient (Wildman–Crippen LogP) is 1.08. The van der Waals surface area contributed by atoms with Gasteiger partial charge in [0.05, 0.1) is 0 Å². The Morgan fingerprint density at radius 3 is 2.81 bits per heavy atom. The normalized spacial score (nSPS) is 21.9. The van der Waals surface area contributed by atoms with Crippen molar-refractivity contribution in [1.29, 1.82) is 0 Å². The Labute approximate surface area is 96.7 Å². The number of allylic oxidation sites excluding steroid dienone is 1. The van der Waals surface area contributed by atoms with Crippen LogP contribution in [-0.2, 0) is 9.59 Å². The predicted molar refractivity (Wildman–Crippen MR) is 62.8 cm³/mol. The average molecular weight is 224 g/mol. The van der Waals surface area contributed by atoms with Gasteiger partial charge in [0.15, 0.2) is 0 Å². The molecule has 1 fully saturated rings. The van der Waals surface area contributed by atoms with Crippen molar-refractivity contribution in [3.63, 3.8) is 0 Å². The fourth-order valence-electron chi connectivity index (χ4n) is 1.98. The van der Waals surface area contributed by atoms with E-state index in [1.54, 1.807) is 4.90 Å². The summed E-state index contributed by atoms with van der Waals surface area (Å²) in [5.41, 5.74) is 0.732. The van der Waals surface area contributed by atoms with E-state index in [1.807, 2.05) is 26.8 Å². The van der Waals surface area contributed by atoms with E-state index in [1.165, 1.54) is 0 Å². The number of amides is 2. The number of rotatable bonds is 3. The zero-order valence-corrected chi connectivity index (χ0v) is 10.2. The van der Waals surface area contributed by atoms with Crippen molar-refractivity contribution in [2.45, 2.75) is 39.7 Å². The third-order valence-electron chi connectivity index (χ3n) is 2.83. The summed E-state index contributed by atoms with van der Waals surface area (Å²) in [6, 6.07) is -0.304. The average Bonchev–Trinajstić information content (AvgIpc) is 2.28. The van der Waals surface area contributed by atoms with Gasteiger partial charge in [-0.25, -0.2) is 0 Å². The molecule has 0 aromatic carbocycles. The van der Waals surface area contributed by atoms with E-state index in [0.717, 1.165) is 12.0 Å². The lowest BCUT2D eigenvalue weighted by atomic mass is 10.1. The Morgan fingerprint density at radius 1 is 1.56 bits per heavy atom. The van der Waals surface area contributed by atoms with E-state index < -0.39 is 0 Å². The van der Waals surface area contributed by atoms with Crippen LogP contribution in [0.1, 0.15) is 33.6 Å². The minimum atomic E-state index is -0.304. The summed E-state index contributed by atoms with van der Waals surface area (Å²) in [7, 11) is 0. The van der Waals surface area contributed by atoms with Crippen LogP contribution in [0.15, 0.2) is 11.6 Å². The van der Waals surface area contributed by atoms with Crippen molar-refractivity contribution in [3.8, 4) is 0 Å². The van der Waals surface area contributed by atoms with Crippen LogP contribution in [0.5, 0.6) is 0 Å². The second-order valence-electron chi connectivity index (χ2n) is 4.01. The van der Waals surface area contributed by atoms with Crippen LogP contribution in [0.2, 0.25) is 0 Å². The molecule has 4 nitrogen and oxygen atoms in total. The maximum atomic E-state index is 12.1. The van der Waals surface area contributed by atoms with Gasteiger partial charge in [-0.15, -0.1) is 0 Å². The molecule has 0 aromatic heterocycles. The summed E-state index contributed by atoms with van der Waals surface area (Å²) < 4.78 is 0. The van der Waals surface area contributed by atoms with Gasteiger partial charge < -0.3 is 10.2 Å². The summed E-state index contributed by atoms with van der Waals surface area (Å²) in [5.74, 6) is -0.0463. The van der Waals surface area contributed by atoms with Crippen molar-refractivity contribution in [3.05, 3.63) is 11.6 Å². The quantitative estimate of drug-likeness (QED) is 0.729. The third-order valence-corrected chi connectivity index (χ3v) is 2.83. The van der Waals surface area contributed by atoms with Crippen LogP contribution in [0.4, 0.5) is 0 Å². The molecule has 1 saturated heterocycles. The Bertz CT molecular complexity index is 310. The first kappa shape index (κ1) is 12.7. The number of hydrogen-bond acceptors (Lipinski definition) is 2. The Balaban J connectivity index is 2.81. The maximum Gasteiger partial charge on any atom is 0.249 e. The third kappa shape index (κ3) is 2.62. The molecular formula is C12H20N2O2. The highest BCUT2D eigenvalue weighted by atomic mass is 16.2. The van der Waals surface area contributed by atoms with Gasteiger partial charge >= 0.3 is 0 Å². The van der Waals surface area contributed by atoms with E-state index in [9.17, 15) is 9.59 Å². The van der Waals surface area contributed by atoms with Crippen molar-refractivity contribution in [1.82, 2.24) is 10.2 Å². The molecule has 16 heavy (non-hydrogen) atoms. The van der Waals surface area contributed by atoms with Crippen molar-refractivity contribution < 1.29 is 9.59 Å². The first-order valence-electron chi connectivity index (χ1n) is 5.87. The number of hydrogen-bond donors (Lipinski definition) is 1. The van der Waals surface area contributed by atoms with Crippen LogP contribution >= 0.6 is 0 Å². The number of nitrogens with zero attached hydrogens (tertiary/aromatic N) is 1. The van der Waals surface area contributed by atoms with Gasteiger partial charge in [0, 0.05) is 18.7 Å². The standard InChI is InChI=1S/C12H20N2O2/c1-4-6-9(3)12(16)14-8-7-13-11(15)10(14)5-2/h6,10H,4-5,7-8H2,1-3H3,(H,13,15). The molecule has 4 heteroatoms. The lowest BCUT2D eigenvalue weighted by molar-refractivity contribution is -0.140. The van der Waals surface area contributed by atoms with Gasteiger partial charge in [0.1, 0.15) is 6.04 Å². The van der Waals surface area contributed by atoms with Crippen LogP contribution in [0.25, 0.3) is 0 Å². The van der Waals surface area contributed by atoms with E-state index in [4.69, 9.17) is 0 Å². The van der Waals surface area contributed by atoms with Crippen molar-refractivity contribution in [2.75, 3.05) is 13.1 Å². The topological polar surface area (TPSA) is 49.4 Å². The molecule has 0 saturated carbocycles. The molecule has 1 aliphatic heterocycles. The van der Waals surface area contributed by atoms with Crippen molar-refractivity contribution >= 4 is 11.8 Å². The molecule has 1 heterocycles. The Kier molecular flexibility index (Phi) is 4.52. The van der Waals surface area contributed by atoms with E-state index >= 15 is 0 Å². The summed E-state index contributed by atoms with van der Waals surface area (Å²) in [4.78, 5) is 25.4. The lowest BCUT2D eigenvalue weighted by Gasteiger charge is -2.34. The van der Waals surface area contributed by atoms with Gasteiger partial charge in [-0.05, 0) is 19.8 Å². The van der Waals surface area contributed by atoms with Crippen LogP contribution < -0.4 is 5.32 Å². The van der Waals surface area contributed by atoms with Gasteiger partial charge in [0.2, 0.25) is 11.8 Å². The maximum absolute atomic E-state index is 12.1. The minimum absolute atomic E-state index is 0.0106. The molecule has 1 N–H and O–H groups in total. The Morgan fingerprint density at radius 2 is 2.25 bits per heavy atom. The summed E-state index contributed by atoms with van der Waals surface area (Å²) >= 11 is 0. The highest BCUT2D eigenvalue weighted by molar-refractivity contribution is 5.97. The molecule has 1 rings (SSSR count). The molecule has 0 radical (unpaired) electrons. The largest absolute Gasteiger partial charge is 0.353 e. The Hall–Kier alpha value is -1.32. The number of carbonyl (C=O) groups is 2. The molecule has 0 aromatic rings. The van der Waals surface area contributed by atoms with E-state index in [2.05, 4.69) is 5.32 Å². The molecule has 1 aliphatic rings. The molecule has 0 bridgehead atoms. The summed E-state index contributed by atoms with van der Waals surface area (Å²) in [5, 5.41) is 2.79. The van der Waals surface area contributed by atoms with E-state index in [0.29, 0.717) is 19.5 Å². The van der Waals surface area contributed by atoms with Gasteiger partial charge in [-0.2, -0.15) is 0 Å². The molecule has 2 amide bonds. The SMILES string of the molecule is CCC=C(C)C(=O)N1CCNC(=O)C1CC. The summed E-state index contributed by atoms with van der Waals surface area (Å²) in [6.07, 6.45) is 3.41. The molecule has 0 spiro atoms. The molecule has 0 aliphatic carbocycles. The first-order valence-corrected chi connectivity index (χ1v) is 5.87. The van der Waals surface area contributed by atoms with Crippen LogP contribution in [0.3, 0.4) is 0 Å². The second-order valence-corrected chi connectivity index (χ2v) is 4.01.